The number of nitro benzene ring substituents is 1. The Balaban J connectivity index is 2.83. The molecule has 116 valence electrons. The van der Waals surface area contributed by atoms with Crippen LogP contribution in [0.2, 0.25) is 0 Å². The van der Waals surface area contributed by atoms with Gasteiger partial charge in [-0.3, -0.25) is 14.9 Å². The van der Waals surface area contributed by atoms with Gasteiger partial charge in [-0.2, -0.15) is 0 Å². The summed E-state index contributed by atoms with van der Waals surface area (Å²) in [6, 6.07) is 1.41. The summed E-state index contributed by atoms with van der Waals surface area (Å²) in [4.78, 5) is 21.7. The summed E-state index contributed by atoms with van der Waals surface area (Å²) in [6.45, 7) is -0.185. The van der Waals surface area contributed by atoms with Crippen molar-refractivity contribution in [2.24, 2.45) is 0 Å². The molecule has 1 rings (SSSR count). The first-order chi connectivity index (χ1) is 9.61. The second kappa shape index (κ2) is 6.45. The summed E-state index contributed by atoms with van der Waals surface area (Å²) in [7, 11) is -3.40. The van der Waals surface area contributed by atoms with E-state index in [1.807, 2.05) is 0 Å². The lowest BCUT2D eigenvalue weighted by Gasteiger charge is -2.07. The lowest BCUT2D eigenvalue weighted by molar-refractivity contribution is -0.385. The summed E-state index contributed by atoms with van der Waals surface area (Å²) in [6.07, 6.45) is 0.945. The van der Waals surface area contributed by atoms with Gasteiger partial charge in [0.15, 0.2) is 5.82 Å². The van der Waals surface area contributed by atoms with Gasteiger partial charge in [0.05, 0.1) is 22.9 Å². The van der Waals surface area contributed by atoms with Crippen molar-refractivity contribution < 1.29 is 22.5 Å². The Bertz CT molecular complexity index is 676. The number of nitrogens with two attached hydrogens (primary N) is 1. The lowest BCUT2D eigenvalue weighted by Crippen LogP contribution is -2.34. The number of nitrogens with zero attached hydrogens (tertiary/aromatic N) is 1. The van der Waals surface area contributed by atoms with Crippen molar-refractivity contribution in [3.63, 3.8) is 0 Å². The number of rotatable bonds is 6. The van der Waals surface area contributed by atoms with Crippen molar-refractivity contribution in [1.29, 1.82) is 0 Å². The molecule has 0 bridgehead atoms. The van der Waals surface area contributed by atoms with E-state index in [1.54, 1.807) is 0 Å². The standard InChI is InChI=1S/C10H13FN4O5S/c1-21(19,20)14-3-2-13-10(16)6-4-8(12)7(11)5-9(6)15(17)18/h4-5,14H,2-3,12H2,1H3,(H,13,16). The van der Waals surface area contributed by atoms with E-state index in [2.05, 4.69) is 10.0 Å². The van der Waals surface area contributed by atoms with Crippen molar-refractivity contribution in [3.8, 4) is 0 Å². The van der Waals surface area contributed by atoms with Gasteiger partial charge in [-0.05, 0) is 6.07 Å². The van der Waals surface area contributed by atoms with E-state index in [4.69, 9.17) is 5.73 Å². The van der Waals surface area contributed by atoms with Crippen LogP contribution in [0.25, 0.3) is 0 Å². The van der Waals surface area contributed by atoms with Gasteiger partial charge in [0.25, 0.3) is 11.6 Å². The van der Waals surface area contributed by atoms with Crippen molar-refractivity contribution in [1.82, 2.24) is 10.0 Å². The van der Waals surface area contributed by atoms with Crippen LogP contribution in [0.5, 0.6) is 0 Å². The number of amides is 1. The SMILES string of the molecule is CS(=O)(=O)NCCNC(=O)c1cc(N)c(F)cc1[N+](=O)[O-]. The maximum absolute atomic E-state index is 13.2. The zero-order valence-corrected chi connectivity index (χ0v) is 11.7. The maximum atomic E-state index is 13.2. The third-order valence-corrected chi connectivity index (χ3v) is 3.06. The molecule has 0 aromatic heterocycles. The Morgan fingerprint density at radius 2 is 2.05 bits per heavy atom. The van der Waals surface area contributed by atoms with Gasteiger partial charge >= 0.3 is 0 Å². The second-order valence-corrected chi connectivity index (χ2v) is 5.90. The maximum Gasteiger partial charge on any atom is 0.285 e. The molecule has 0 unspecified atom stereocenters. The zero-order chi connectivity index (χ0) is 16.2. The number of sulfonamides is 1. The Kier molecular flexibility index (Phi) is 5.16. The molecule has 0 heterocycles. The summed E-state index contributed by atoms with van der Waals surface area (Å²) < 4.78 is 36.9. The fourth-order valence-corrected chi connectivity index (χ4v) is 1.89. The summed E-state index contributed by atoms with van der Waals surface area (Å²) in [5, 5.41) is 13.0. The van der Waals surface area contributed by atoms with Crippen molar-refractivity contribution in [3.05, 3.63) is 33.6 Å². The fraction of sp³-hybridized carbons (Fsp3) is 0.300. The molecule has 0 saturated heterocycles. The van der Waals surface area contributed by atoms with Crippen LogP contribution in [-0.4, -0.2) is 38.6 Å². The van der Waals surface area contributed by atoms with Crippen molar-refractivity contribution >= 4 is 27.3 Å². The van der Waals surface area contributed by atoms with Gasteiger partial charge in [0.1, 0.15) is 5.56 Å². The van der Waals surface area contributed by atoms with Crippen LogP contribution in [0, 0.1) is 15.9 Å². The molecule has 1 amide bonds. The van der Waals surface area contributed by atoms with Crippen LogP contribution in [-0.2, 0) is 10.0 Å². The molecule has 0 saturated carbocycles. The van der Waals surface area contributed by atoms with Gasteiger partial charge < -0.3 is 11.1 Å². The topological polar surface area (TPSA) is 144 Å². The minimum Gasteiger partial charge on any atom is -0.396 e. The highest BCUT2D eigenvalue weighted by Gasteiger charge is 2.22. The minimum absolute atomic E-state index is 0.0882. The van der Waals surface area contributed by atoms with E-state index in [0.717, 1.165) is 12.3 Å². The van der Waals surface area contributed by atoms with E-state index in [0.29, 0.717) is 6.07 Å². The number of hydrogen-bond donors (Lipinski definition) is 3. The molecule has 1 aromatic carbocycles. The number of hydrogen-bond acceptors (Lipinski definition) is 6. The van der Waals surface area contributed by atoms with Gasteiger partial charge in [0.2, 0.25) is 10.0 Å². The molecular formula is C10H13FN4O5S. The first kappa shape index (κ1) is 16.8. The molecule has 0 aliphatic carbocycles. The van der Waals surface area contributed by atoms with E-state index < -0.39 is 43.6 Å². The molecule has 0 fully saturated rings. The third-order valence-electron chi connectivity index (χ3n) is 2.33. The second-order valence-electron chi connectivity index (χ2n) is 4.07. The first-order valence-corrected chi connectivity index (χ1v) is 7.47. The number of nitrogens with one attached hydrogen (secondary N) is 2. The summed E-state index contributed by atoms with van der Waals surface area (Å²) >= 11 is 0. The predicted molar refractivity (Wildman–Crippen MR) is 72.6 cm³/mol. The average Bonchev–Trinajstić information content (AvgIpc) is 2.35. The Labute approximate surface area is 119 Å². The van der Waals surface area contributed by atoms with Crippen LogP contribution in [0.4, 0.5) is 15.8 Å². The minimum atomic E-state index is -3.40. The van der Waals surface area contributed by atoms with Crippen LogP contribution in [0.1, 0.15) is 10.4 Å². The van der Waals surface area contributed by atoms with Crippen LogP contribution in [0.15, 0.2) is 12.1 Å². The smallest absolute Gasteiger partial charge is 0.285 e. The molecule has 0 radical (unpaired) electrons. The van der Waals surface area contributed by atoms with Gasteiger partial charge in [0, 0.05) is 13.1 Å². The molecule has 4 N–H and O–H groups in total. The molecule has 11 heteroatoms. The fourth-order valence-electron chi connectivity index (χ4n) is 1.42. The molecule has 0 spiro atoms. The average molecular weight is 320 g/mol. The van der Waals surface area contributed by atoms with E-state index in [-0.39, 0.29) is 13.1 Å². The lowest BCUT2D eigenvalue weighted by atomic mass is 10.1. The largest absolute Gasteiger partial charge is 0.396 e. The predicted octanol–water partition coefficient (Wildman–Crippen LogP) is -0.405. The van der Waals surface area contributed by atoms with Crippen molar-refractivity contribution in [2.45, 2.75) is 0 Å². The number of halogens is 1. The number of carbonyl (C=O) groups is 1. The van der Waals surface area contributed by atoms with Crippen LogP contribution < -0.4 is 15.8 Å². The van der Waals surface area contributed by atoms with Gasteiger partial charge in [-0.1, -0.05) is 0 Å². The Morgan fingerprint density at radius 1 is 1.43 bits per heavy atom. The Hall–Kier alpha value is -2.27. The molecule has 0 atom stereocenters. The Morgan fingerprint density at radius 3 is 2.57 bits per heavy atom. The monoisotopic (exact) mass is 320 g/mol. The number of benzene rings is 1. The highest BCUT2D eigenvalue weighted by Crippen LogP contribution is 2.24. The molecule has 21 heavy (non-hydrogen) atoms. The number of anilines is 1. The van der Waals surface area contributed by atoms with E-state index in [1.165, 1.54) is 0 Å². The van der Waals surface area contributed by atoms with Gasteiger partial charge in [-0.25, -0.2) is 17.5 Å². The third kappa shape index (κ3) is 4.96. The number of nitrogen functional groups attached to an aromatic ring is 1. The van der Waals surface area contributed by atoms with Crippen LogP contribution in [0.3, 0.4) is 0 Å². The molecule has 0 aliphatic heterocycles. The first-order valence-electron chi connectivity index (χ1n) is 5.58. The normalized spacial score (nSPS) is 11.1. The highest BCUT2D eigenvalue weighted by atomic mass is 32.2. The van der Waals surface area contributed by atoms with E-state index >= 15 is 0 Å². The van der Waals surface area contributed by atoms with E-state index in [9.17, 15) is 27.7 Å². The molecule has 9 nitrogen and oxygen atoms in total. The number of carbonyl (C=O) groups excluding carboxylic acids is 1. The summed E-state index contributed by atoms with van der Waals surface area (Å²) in [5.74, 6) is -1.86. The molecule has 0 aliphatic rings. The van der Waals surface area contributed by atoms with Crippen LogP contribution >= 0.6 is 0 Å². The van der Waals surface area contributed by atoms with Gasteiger partial charge in [-0.15, -0.1) is 0 Å². The summed E-state index contributed by atoms with van der Waals surface area (Å²) in [5.41, 5.74) is 3.74. The molecule has 1 aromatic rings. The number of nitro groups is 1. The zero-order valence-electron chi connectivity index (χ0n) is 10.9. The quantitative estimate of drug-likeness (QED) is 0.281. The van der Waals surface area contributed by atoms with Crippen molar-refractivity contribution in [2.75, 3.05) is 25.1 Å². The molecular weight excluding hydrogens is 307 g/mol. The highest BCUT2D eigenvalue weighted by molar-refractivity contribution is 7.88.